The molecule has 0 aliphatic carbocycles. The molecule has 3 amide bonds. The number of anilines is 1. The minimum absolute atomic E-state index is 0.0310. The average Bonchev–Trinajstić information content (AvgIpc) is 3.48. The van der Waals surface area contributed by atoms with Crippen molar-refractivity contribution in [2.45, 2.75) is 77.9 Å². The number of ether oxygens (including phenoxy) is 2. The molecule has 2 fully saturated rings. The van der Waals surface area contributed by atoms with Crippen molar-refractivity contribution in [2.24, 2.45) is 0 Å². The van der Waals surface area contributed by atoms with Gasteiger partial charge in [-0.15, -0.1) is 0 Å². The van der Waals surface area contributed by atoms with Crippen molar-refractivity contribution in [3.63, 3.8) is 0 Å². The van der Waals surface area contributed by atoms with Gasteiger partial charge in [0.2, 0.25) is 0 Å². The van der Waals surface area contributed by atoms with Crippen LogP contribution in [0.15, 0.2) is 41.1 Å². The van der Waals surface area contributed by atoms with Gasteiger partial charge in [0.15, 0.2) is 5.69 Å². The first kappa shape index (κ1) is 30.3. The Morgan fingerprint density at radius 1 is 1.07 bits per heavy atom. The Kier molecular flexibility index (Phi) is 8.89. The van der Waals surface area contributed by atoms with E-state index in [0.29, 0.717) is 50.6 Å². The molecule has 4 heterocycles. The van der Waals surface area contributed by atoms with E-state index in [-0.39, 0.29) is 36.4 Å². The Bertz CT molecular complexity index is 1470. The number of hydrogen-bond donors (Lipinski definition) is 0. The molecule has 1 atom stereocenters. The number of urea groups is 1. The Morgan fingerprint density at radius 2 is 1.84 bits per heavy atom. The number of hydrogen-bond acceptors (Lipinski definition) is 8. The zero-order valence-corrected chi connectivity index (χ0v) is 25.7. The fraction of sp³-hybridized carbons (Fsp3) is 0.531. The summed E-state index contributed by atoms with van der Waals surface area (Å²) in [6.07, 6.45) is 4.17. The van der Waals surface area contributed by atoms with Crippen LogP contribution in [0, 0.1) is 6.92 Å². The van der Waals surface area contributed by atoms with E-state index < -0.39 is 11.6 Å². The minimum Gasteiger partial charge on any atom is -0.461 e. The third-order valence-corrected chi connectivity index (χ3v) is 8.01. The van der Waals surface area contributed by atoms with Gasteiger partial charge in [-0.1, -0.05) is 23.4 Å². The minimum atomic E-state index is -0.612. The van der Waals surface area contributed by atoms with Crippen molar-refractivity contribution in [3.05, 3.63) is 53.5 Å². The molecule has 0 bridgehead atoms. The molecule has 0 spiro atoms. The molecule has 0 N–H and O–H groups in total. The van der Waals surface area contributed by atoms with E-state index in [4.69, 9.17) is 19.0 Å². The second-order valence-corrected chi connectivity index (χ2v) is 12.3. The van der Waals surface area contributed by atoms with Gasteiger partial charge in [-0.3, -0.25) is 4.90 Å². The summed E-state index contributed by atoms with van der Waals surface area (Å²) >= 11 is 0. The molecule has 11 nitrogen and oxygen atoms in total. The maximum absolute atomic E-state index is 14.4. The second-order valence-electron chi connectivity index (χ2n) is 12.3. The number of fused-ring (bicyclic) bond motifs is 1. The topological polar surface area (TPSA) is 118 Å². The van der Waals surface area contributed by atoms with Crippen molar-refractivity contribution in [3.8, 4) is 0 Å². The van der Waals surface area contributed by atoms with E-state index >= 15 is 0 Å². The number of benzene rings is 1. The van der Waals surface area contributed by atoms with Gasteiger partial charge in [0, 0.05) is 49.7 Å². The van der Waals surface area contributed by atoms with E-state index in [1.54, 1.807) is 29.0 Å². The maximum Gasteiger partial charge on any atom is 0.410 e. The molecular weight excluding hydrogens is 550 g/mol. The largest absolute Gasteiger partial charge is 0.461 e. The van der Waals surface area contributed by atoms with Crippen molar-refractivity contribution >= 4 is 34.7 Å². The fourth-order valence-electron chi connectivity index (χ4n) is 5.94. The van der Waals surface area contributed by atoms with Gasteiger partial charge in [-0.25, -0.2) is 19.4 Å². The fourth-order valence-corrected chi connectivity index (χ4v) is 5.94. The summed E-state index contributed by atoms with van der Waals surface area (Å²) in [6, 6.07) is 9.24. The Balaban J connectivity index is 1.40. The molecule has 5 rings (SSSR count). The van der Waals surface area contributed by atoms with Crippen LogP contribution in [-0.2, 0) is 9.47 Å². The number of rotatable bonds is 5. The van der Waals surface area contributed by atoms with Crippen LogP contribution >= 0.6 is 0 Å². The second kappa shape index (κ2) is 12.6. The third-order valence-electron chi connectivity index (χ3n) is 8.01. The van der Waals surface area contributed by atoms with Crippen LogP contribution in [0.3, 0.4) is 0 Å². The van der Waals surface area contributed by atoms with Gasteiger partial charge < -0.3 is 23.8 Å². The highest BCUT2D eigenvalue weighted by molar-refractivity contribution is 6.03. The van der Waals surface area contributed by atoms with Crippen LogP contribution in [0.4, 0.5) is 15.4 Å². The molecule has 0 unspecified atom stereocenters. The molecule has 2 aliphatic heterocycles. The number of piperidine rings is 2. The standard InChI is InChI=1S/C32H41N5O6/c1-6-41-29(38)25-19-26(43-34-25)22-13-17-35(18-14-22)30(39)37(28-27-21(2)9-7-10-23(27)12-15-33-28)24-11-8-16-36(20-24)31(40)42-32(3,4)5/h7,9-10,12,15,19,22,24H,6,8,11,13-14,16-18,20H2,1-5H3/t24-/m1/s1. The molecule has 11 heteroatoms. The molecule has 3 aromatic rings. The van der Waals surface area contributed by atoms with Gasteiger partial charge in [-0.2, -0.15) is 0 Å². The van der Waals surface area contributed by atoms with Gasteiger partial charge in [0.25, 0.3) is 0 Å². The van der Waals surface area contributed by atoms with Crippen LogP contribution < -0.4 is 4.90 Å². The first-order valence-corrected chi connectivity index (χ1v) is 15.1. The van der Waals surface area contributed by atoms with Crippen LogP contribution in [0.1, 0.15) is 81.1 Å². The maximum atomic E-state index is 14.4. The molecule has 0 saturated carbocycles. The molecule has 2 saturated heterocycles. The molecule has 2 aromatic heterocycles. The molecular formula is C32H41N5O6. The summed E-state index contributed by atoms with van der Waals surface area (Å²) in [6.45, 7) is 11.5. The monoisotopic (exact) mass is 591 g/mol. The van der Waals surface area contributed by atoms with Gasteiger partial charge in [-0.05, 0) is 77.3 Å². The zero-order chi connectivity index (χ0) is 30.7. The van der Waals surface area contributed by atoms with Crippen molar-refractivity contribution in [2.75, 3.05) is 37.7 Å². The first-order chi connectivity index (χ1) is 20.6. The number of carbonyl (C=O) groups is 3. The lowest BCUT2D eigenvalue weighted by molar-refractivity contribution is 0.0197. The molecule has 230 valence electrons. The van der Waals surface area contributed by atoms with E-state index in [1.165, 1.54) is 0 Å². The zero-order valence-electron chi connectivity index (χ0n) is 25.7. The lowest BCUT2D eigenvalue weighted by Gasteiger charge is -2.42. The van der Waals surface area contributed by atoms with E-state index in [1.807, 2.05) is 56.9 Å². The van der Waals surface area contributed by atoms with Gasteiger partial charge >= 0.3 is 18.1 Å². The predicted molar refractivity (Wildman–Crippen MR) is 161 cm³/mol. The summed E-state index contributed by atoms with van der Waals surface area (Å²) in [5.74, 6) is 0.752. The van der Waals surface area contributed by atoms with Crippen LogP contribution in [0.25, 0.3) is 10.8 Å². The highest BCUT2D eigenvalue weighted by atomic mass is 16.6. The number of nitrogens with zero attached hydrogens (tertiary/aromatic N) is 5. The molecule has 1 aromatic carbocycles. The quantitative estimate of drug-likeness (QED) is 0.336. The van der Waals surface area contributed by atoms with E-state index in [9.17, 15) is 14.4 Å². The normalized spacial score (nSPS) is 18.0. The number of pyridine rings is 1. The Hall–Kier alpha value is -4.15. The van der Waals surface area contributed by atoms with Crippen LogP contribution in [0.5, 0.6) is 0 Å². The summed E-state index contributed by atoms with van der Waals surface area (Å²) in [5.41, 5.74) is 0.573. The van der Waals surface area contributed by atoms with Crippen molar-refractivity contribution in [1.29, 1.82) is 0 Å². The number of aromatic nitrogens is 2. The lowest BCUT2D eigenvalue weighted by Crippen LogP contribution is -2.56. The summed E-state index contributed by atoms with van der Waals surface area (Å²) < 4.78 is 16.2. The Labute approximate surface area is 252 Å². The highest BCUT2D eigenvalue weighted by Crippen LogP contribution is 2.34. The summed E-state index contributed by atoms with van der Waals surface area (Å²) in [5, 5.41) is 5.82. The predicted octanol–water partition coefficient (Wildman–Crippen LogP) is 5.91. The smallest absolute Gasteiger partial charge is 0.410 e. The number of aryl methyl sites for hydroxylation is 1. The van der Waals surface area contributed by atoms with E-state index in [0.717, 1.165) is 29.2 Å². The summed E-state index contributed by atoms with van der Waals surface area (Å²) in [7, 11) is 0. The lowest BCUT2D eigenvalue weighted by atomic mass is 9.94. The number of esters is 1. The average molecular weight is 592 g/mol. The first-order valence-electron chi connectivity index (χ1n) is 15.1. The SMILES string of the molecule is CCOC(=O)c1cc(C2CCN(C(=O)N(c3nccc4cccc(C)c34)[C@@H]3CCCN(C(=O)OC(C)(C)C)C3)CC2)on1. The van der Waals surface area contributed by atoms with E-state index in [2.05, 4.69) is 5.16 Å². The molecule has 0 radical (unpaired) electrons. The number of carbonyl (C=O) groups excluding carboxylic acids is 3. The Morgan fingerprint density at radius 3 is 2.56 bits per heavy atom. The van der Waals surface area contributed by atoms with Crippen LogP contribution in [0.2, 0.25) is 0 Å². The van der Waals surface area contributed by atoms with Crippen molar-refractivity contribution in [1.82, 2.24) is 19.9 Å². The number of amides is 3. The van der Waals surface area contributed by atoms with Crippen LogP contribution in [-0.4, -0.2) is 82.5 Å². The third kappa shape index (κ3) is 6.76. The molecule has 43 heavy (non-hydrogen) atoms. The van der Waals surface area contributed by atoms with Crippen molar-refractivity contribution < 1.29 is 28.4 Å². The molecule has 2 aliphatic rings. The van der Waals surface area contributed by atoms with Gasteiger partial charge in [0.1, 0.15) is 17.2 Å². The van der Waals surface area contributed by atoms with Gasteiger partial charge in [0.05, 0.1) is 12.6 Å². The highest BCUT2D eigenvalue weighted by Gasteiger charge is 2.38. The summed E-state index contributed by atoms with van der Waals surface area (Å²) in [4.78, 5) is 49.7. The number of likely N-dealkylation sites (tertiary alicyclic amines) is 2.